The number of carbonyl (C=O) groups excluding carboxylic acids is 1. The van der Waals surface area contributed by atoms with Crippen molar-refractivity contribution in [2.75, 3.05) is 6.54 Å². The Hall–Kier alpha value is -1.64. The Bertz CT molecular complexity index is 334. The van der Waals surface area contributed by atoms with Gasteiger partial charge in [0.1, 0.15) is 0 Å². The van der Waals surface area contributed by atoms with Gasteiger partial charge in [0.15, 0.2) is 5.78 Å². The van der Waals surface area contributed by atoms with Crippen LogP contribution in [0.5, 0.6) is 0 Å². The number of hydrogen-bond donors (Lipinski definition) is 1. The molecule has 0 aromatic heterocycles. The van der Waals surface area contributed by atoms with Gasteiger partial charge in [-0.25, -0.2) is 0 Å². The molecular weight excluding hydrogens is 152 g/mol. The summed E-state index contributed by atoms with van der Waals surface area (Å²) >= 11 is 0. The first-order valence-corrected chi connectivity index (χ1v) is 3.75. The summed E-state index contributed by atoms with van der Waals surface area (Å²) in [5, 5.41) is 3.02. The molecule has 0 saturated heterocycles. The molecule has 0 amide bonds. The van der Waals surface area contributed by atoms with E-state index in [1.165, 1.54) is 6.08 Å². The van der Waals surface area contributed by atoms with Crippen molar-refractivity contribution in [3.8, 4) is 0 Å². The molecule has 2 rings (SSSR count). The molecule has 0 radical (unpaired) electrons. The number of nitrogens with zero attached hydrogens (tertiary/aromatic N) is 1. The third-order valence-corrected chi connectivity index (χ3v) is 1.75. The van der Waals surface area contributed by atoms with Gasteiger partial charge in [0, 0.05) is 24.5 Å². The fraction of sp³-hybridized carbons (Fsp3) is 0.111. The first kappa shape index (κ1) is 7.03. The second kappa shape index (κ2) is 2.77. The molecule has 0 atom stereocenters. The minimum Gasteiger partial charge on any atom is -0.385 e. The zero-order valence-electron chi connectivity index (χ0n) is 6.45. The summed E-state index contributed by atoms with van der Waals surface area (Å²) in [5.74, 6) is 0.0349. The Morgan fingerprint density at radius 1 is 1.42 bits per heavy atom. The van der Waals surface area contributed by atoms with Crippen molar-refractivity contribution in [1.29, 1.82) is 0 Å². The lowest BCUT2D eigenvalue weighted by Gasteiger charge is -2.07. The second-order valence-electron chi connectivity index (χ2n) is 2.62. The van der Waals surface area contributed by atoms with Crippen molar-refractivity contribution in [2.45, 2.75) is 0 Å². The van der Waals surface area contributed by atoms with E-state index in [2.05, 4.69) is 10.3 Å². The van der Waals surface area contributed by atoms with Crippen LogP contribution in [0, 0.1) is 0 Å². The number of ketones is 1. The molecule has 1 heterocycles. The minimum atomic E-state index is 0.0349. The van der Waals surface area contributed by atoms with Crippen LogP contribution in [0.15, 0.2) is 41.2 Å². The maximum absolute atomic E-state index is 11.0. The highest BCUT2D eigenvalue weighted by molar-refractivity contribution is 6.20. The van der Waals surface area contributed by atoms with Crippen molar-refractivity contribution in [3.63, 3.8) is 0 Å². The Kier molecular flexibility index (Phi) is 1.63. The van der Waals surface area contributed by atoms with Gasteiger partial charge in [0.25, 0.3) is 0 Å². The van der Waals surface area contributed by atoms with Crippen molar-refractivity contribution in [2.24, 2.45) is 4.99 Å². The van der Waals surface area contributed by atoms with Gasteiger partial charge in [-0.05, 0) is 18.2 Å². The van der Waals surface area contributed by atoms with E-state index in [4.69, 9.17) is 0 Å². The lowest BCUT2D eigenvalue weighted by atomic mass is 10.0. The summed E-state index contributed by atoms with van der Waals surface area (Å²) < 4.78 is 0. The molecule has 0 bridgehead atoms. The maximum atomic E-state index is 11.0. The van der Waals surface area contributed by atoms with Crippen LogP contribution in [0.3, 0.4) is 0 Å². The lowest BCUT2D eigenvalue weighted by Crippen LogP contribution is -2.16. The quantitative estimate of drug-likeness (QED) is 0.526. The van der Waals surface area contributed by atoms with E-state index in [1.807, 2.05) is 0 Å². The summed E-state index contributed by atoms with van der Waals surface area (Å²) in [6, 6.07) is 0. The average molecular weight is 160 g/mol. The molecule has 0 aromatic rings. The summed E-state index contributed by atoms with van der Waals surface area (Å²) in [7, 11) is 0. The number of aliphatic imine (C=N–C) groups is 1. The van der Waals surface area contributed by atoms with Crippen LogP contribution < -0.4 is 5.32 Å². The van der Waals surface area contributed by atoms with E-state index in [0.29, 0.717) is 6.54 Å². The van der Waals surface area contributed by atoms with Gasteiger partial charge in [0.2, 0.25) is 0 Å². The SMILES string of the molecule is O=C1C=CC2=NC=CNCC2=C1. The summed E-state index contributed by atoms with van der Waals surface area (Å²) in [4.78, 5) is 15.1. The average Bonchev–Trinajstić information content (AvgIpc) is 2.28. The standard InChI is InChI=1S/C9H8N2O/c12-8-1-2-9-7(5-8)6-10-3-4-11-9/h1-5,10H,6H2. The molecular formula is C9H8N2O. The summed E-state index contributed by atoms with van der Waals surface area (Å²) in [6.45, 7) is 0.672. The molecule has 0 saturated carbocycles. The van der Waals surface area contributed by atoms with Crippen LogP contribution >= 0.6 is 0 Å². The third kappa shape index (κ3) is 1.21. The van der Waals surface area contributed by atoms with Crippen molar-refractivity contribution in [3.05, 3.63) is 36.2 Å². The molecule has 0 spiro atoms. The largest absolute Gasteiger partial charge is 0.385 e. The minimum absolute atomic E-state index is 0.0349. The molecule has 1 aliphatic heterocycles. The van der Waals surface area contributed by atoms with E-state index in [1.54, 1.807) is 24.6 Å². The van der Waals surface area contributed by atoms with Crippen molar-refractivity contribution >= 4 is 11.5 Å². The molecule has 12 heavy (non-hydrogen) atoms. The van der Waals surface area contributed by atoms with Gasteiger partial charge in [-0.15, -0.1) is 0 Å². The highest BCUT2D eigenvalue weighted by Gasteiger charge is 2.10. The zero-order valence-corrected chi connectivity index (χ0v) is 6.45. The highest BCUT2D eigenvalue weighted by atomic mass is 16.1. The van der Waals surface area contributed by atoms with Crippen LogP contribution in [-0.2, 0) is 4.79 Å². The zero-order chi connectivity index (χ0) is 8.39. The molecule has 0 unspecified atom stereocenters. The number of nitrogens with one attached hydrogen (secondary N) is 1. The maximum Gasteiger partial charge on any atom is 0.179 e. The predicted molar refractivity (Wildman–Crippen MR) is 46.8 cm³/mol. The van der Waals surface area contributed by atoms with E-state index >= 15 is 0 Å². The third-order valence-electron chi connectivity index (χ3n) is 1.75. The normalized spacial score (nSPS) is 20.5. The van der Waals surface area contributed by atoms with Crippen LogP contribution in [0.4, 0.5) is 0 Å². The molecule has 1 aliphatic carbocycles. The van der Waals surface area contributed by atoms with E-state index < -0.39 is 0 Å². The topological polar surface area (TPSA) is 41.5 Å². The van der Waals surface area contributed by atoms with Gasteiger partial charge in [-0.1, -0.05) is 0 Å². The molecule has 1 N–H and O–H groups in total. The number of fused-ring (bicyclic) bond motifs is 1. The monoisotopic (exact) mass is 160 g/mol. The van der Waals surface area contributed by atoms with Crippen LogP contribution in [-0.4, -0.2) is 18.0 Å². The van der Waals surface area contributed by atoms with Crippen LogP contribution in [0.25, 0.3) is 0 Å². The smallest absolute Gasteiger partial charge is 0.179 e. The summed E-state index contributed by atoms with van der Waals surface area (Å²) in [5.41, 5.74) is 1.82. The molecule has 60 valence electrons. The molecule has 3 heteroatoms. The van der Waals surface area contributed by atoms with Crippen molar-refractivity contribution in [1.82, 2.24) is 5.32 Å². The predicted octanol–water partition coefficient (Wildman–Crippen LogP) is 0.567. The fourth-order valence-electron chi connectivity index (χ4n) is 1.17. The van der Waals surface area contributed by atoms with Gasteiger partial charge >= 0.3 is 0 Å². The number of rotatable bonds is 0. The molecule has 0 fully saturated rings. The lowest BCUT2D eigenvalue weighted by molar-refractivity contribution is -0.110. The van der Waals surface area contributed by atoms with Gasteiger partial charge in [-0.3, -0.25) is 9.79 Å². The summed E-state index contributed by atoms with van der Waals surface area (Å²) in [6.07, 6.45) is 8.34. The first-order valence-electron chi connectivity index (χ1n) is 3.75. The van der Waals surface area contributed by atoms with E-state index in [0.717, 1.165) is 11.3 Å². The molecule has 2 aliphatic rings. The molecule has 3 nitrogen and oxygen atoms in total. The first-order chi connectivity index (χ1) is 5.86. The van der Waals surface area contributed by atoms with Crippen molar-refractivity contribution < 1.29 is 4.79 Å². The Morgan fingerprint density at radius 2 is 2.33 bits per heavy atom. The Balaban J connectivity index is 2.38. The molecule has 0 aromatic carbocycles. The number of hydrogen-bond acceptors (Lipinski definition) is 3. The number of allylic oxidation sites excluding steroid dienone is 3. The highest BCUT2D eigenvalue weighted by Crippen LogP contribution is 2.08. The Labute approximate surface area is 70.2 Å². The van der Waals surface area contributed by atoms with E-state index in [9.17, 15) is 4.79 Å². The van der Waals surface area contributed by atoms with Crippen LogP contribution in [0.1, 0.15) is 0 Å². The van der Waals surface area contributed by atoms with Gasteiger partial charge in [0.05, 0.1) is 5.71 Å². The van der Waals surface area contributed by atoms with E-state index in [-0.39, 0.29) is 5.78 Å². The Morgan fingerprint density at radius 3 is 3.25 bits per heavy atom. The number of carbonyl (C=O) groups is 1. The van der Waals surface area contributed by atoms with Gasteiger partial charge < -0.3 is 5.32 Å². The fourth-order valence-corrected chi connectivity index (χ4v) is 1.17. The second-order valence-corrected chi connectivity index (χ2v) is 2.62. The van der Waals surface area contributed by atoms with Crippen LogP contribution in [0.2, 0.25) is 0 Å². The van der Waals surface area contributed by atoms with Gasteiger partial charge in [-0.2, -0.15) is 0 Å².